The van der Waals surface area contributed by atoms with Gasteiger partial charge >= 0.3 is 0 Å². The van der Waals surface area contributed by atoms with Crippen LogP contribution in [0.25, 0.3) is 0 Å². The molecular formula is C29H33N3O3. The lowest BCUT2D eigenvalue weighted by molar-refractivity contribution is -0.144. The molecule has 0 unspecified atom stereocenters. The number of likely N-dealkylation sites (N-methyl/N-ethyl adjacent to an activating group) is 1. The second-order valence-corrected chi connectivity index (χ2v) is 9.08. The van der Waals surface area contributed by atoms with E-state index >= 15 is 0 Å². The molecule has 0 spiro atoms. The molecule has 2 aromatic carbocycles. The number of piperidine rings is 1. The van der Waals surface area contributed by atoms with Gasteiger partial charge in [-0.25, -0.2) is 0 Å². The first-order valence-corrected chi connectivity index (χ1v) is 12.2. The monoisotopic (exact) mass is 471 g/mol. The van der Waals surface area contributed by atoms with E-state index in [0.717, 1.165) is 24.8 Å². The number of methoxy groups -OCH3 is 1. The van der Waals surface area contributed by atoms with Crippen molar-refractivity contribution in [2.24, 2.45) is 5.92 Å². The van der Waals surface area contributed by atoms with Gasteiger partial charge in [-0.05, 0) is 48.4 Å². The van der Waals surface area contributed by atoms with Gasteiger partial charge in [-0.1, -0.05) is 66.7 Å². The van der Waals surface area contributed by atoms with E-state index in [1.165, 1.54) is 5.56 Å². The Morgan fingerprint density at radius 3 is 2.20 bits per heavy atom. The molecule has 0 saturated carbocycles. The van der Waals surface area contributed by atoms with E-state index in [4.69, 9.17) is 4.74 Å². The number of carbonyl (C=O) groups is 2. The number of amides is 2. The summed E-state index contributed by atoms with van der Waals surface area (Å²) in [5.41, 5.74) is 2.51. The lowest BCUT2D eigenvalue weighted by Crippen LogP contribution is -2.49. The van der Waals surface area contributed by atoms with Crippen molar-refractivity contribution in [2.75, 3.05) is 27.2 Å². The molecule has 1 aliphatic heterocycles. The number of aromatic nitrogens is 1. The maximum absolute atomic E-state index is 13.3. The van der Waals surface area contributed by atoms with Crippen molar-refractivity contribution in [3.63, 3.8) is 0 Å². The minimum Gasteiger partial charge on any atom is -0.367 e. The summed E-state index contributed by atoms with van der Waals surface area (Å²) < 4.78 is 5.57. The summed E-state index contributed by atoms with van der Waals surface area (Å²) in [5, 5.41) is 0. The topological polar surface area (TPSA) is 62.7 Å². The van der Waals surface area contributed by atoms with Crippen LogP contribution in [0.3, 0.4) is 0 Å². The van der Waals surface area contributed by atoms with Crippen molar-refractivity contribution in [1.29, 1.82) is 0 Å². The molecule has 4 rings (SSSR count). The van der Waals surface area contributed by atoms with Gasteiger partial charge in [0, 0.05) is 39.5 Å². The Hall–Kier alpha value is -3.51. The van der Waals surface area contributed by atoms with E-state index in [2.05, 4.69) is 17.1 Å². The molecule has 1 fully saturated rings. The molecule has 0 N–H and O–H groups in total. The summed E-state index contributed by atoms with van der Waals surface area (Å²) >= 11 is 0. The Kier molecular flexibility index (Phi) is 8.27. The zero-order chi connectivity index (χ0) is 24.6. The summed E-state index contributed by atoms with van der Waals surface area (Å²) in [6, 6.07) is 25.3. The van der Waals surface area contributed by atoms with Crippen LogP contribution in [0.15, 0.2) is 85.1 Å². The average Bonchev–Trinajstić information content (AvgIpc) is 2.93. The van der Waals surface area contributed by atoms with Gasteiger partial charge in [0.2, 0.25) is 0 Å². The minimum absolute atomic E-state index is 0.00493. The number of carbonyl (C=O) groups excluding carboxylic acids is 2. The molecule has 35 heavy (non-hydrogen) atoms. The highest BCUT2D eigenvalue weighted by Gasteiger charge is 2.35. The Balaban J connectivity index is 1.48. The van der Waals surface area contributed by atoms with Gasteiger partial charge in [0.15, 0.2) is 6.10 Å². The Morgan fingerprint density at radius 2 is 1.60 bits per heavy atom. The molecule has 2 amide bonds. The zero-order valence-electron chi connectivity index (χ0n) is 20.4. The second-order valence-electron chi connectivity index (χ2n) is 9.08. The molecule has 0 aliphatic carbocycles. The molecule has 6 nitrogen and oxygen atoms in total. The molecule has 2 heterocycles. The molecule has 1 saturated heterocycles. The highest BCUT2D eigenvalue weighted by molar-refractivity contribution is 5.92. The average molecular weight is 472 g/mol. The molecule has 2 atom stereocenters. The van der Waals surface area contributed by atoms with E-state index in [1.807, 2.05) is 77.5 Å². The van der Waals surface area contributed by atoms with Crippen LogP contribution in [0.5, 0.6) is 0 Å². The summed E-state index contributed by atoms with van der Waals surface area (Å²) in [5.74, 6) is 0.192. The van der Waals surface area contributed by atoms with E-state index in [-0.39, 0.29) is 23.8 Å². The van der Waals surface area contributed by atoms with Crippen LogP contribution >= 0.6 is 0 Å². The normalized spacial score (nSPS) is 15.9. The Morgan fingerprint density at radius 1 is 0.971 bits per heavy atom. The van der Waals surface area contributed by atoms with Crippen molar-refractivity contribution in [3.8, 4) is 0 Å². The van der Waals surface area contributed by atoms with Gasteiger partial charge < -0.3 is 14.5 Å². The van der Waals surface area contributed by atoms with E-state index in [9.17, 15) is 9.59 Å². The van der Waals surface area contributed by atoms with Crippen LogP contribution in [0, 0.1) is 5.92 Å². The van der Waals surface area contributed by atoms with Gasteiger partial charge in [-0.3, -0.25) is 14.6 Å². The van der Waals surface area contributed by atoms with Crippen LogP contribution < -0.4 is 0 Å². The quantitative estimate of drug-likeness (QED) is 0.489. The second kappa shape index (κ2) is 11.8. The predicted molar refractivity (Wildman–Crippen MR) is 136 cm³/mol. The number of rotatable bonds is 8. The van der Waals surface area contributed by atoms with Crippen molar-refractivity contribution < 1.29 is 14.3 Å². The van der Waals surface area contributed by atoms with Crippen molar-refractivity contribution in [3.05, 3.63) is 102 Å². The van der Waals surface area contributed by atoms with E-state index in [1.54, 1.807) is 19.4 Å². The third kappa shape index (κ3) is 5.95. The Labute approximate surface area is 207 Å². The Bertz CT molecular complexity index is 1080. The highest BCUT2D eigenvalue weighted by atomic mass is 16.5. The van der Waals surface area contributed by atoms with Gasteiger partial charge in [0.25, 0.3) is 11.8 Å². The fourth-order valence-electron chi connectivity index (χ4n) is 4.97. The molecule has 0 radical (unpaired) electrons. The standard InChI is InChI=1S/C29H33N3O3/c1-31(28(33)25-15-9-10-18-30-25)26(21-22-11-5-3-6-12-22)23-16-19-32(20-17-23)29(34)27(35-2)24-13-7-4-8-14-24/h3-15,18,23,26-27H,16-17,19-21H2,1-2H3/t26-,27-/m1/s1. The van der Waals surface area contributed by atoms with E-state index in [0.29, 0.717) is 18.8 Å². The van der Waals surface area contributed by atoms with Crippen LogP contribution in [-0.2, 0) is 16.0 Å². The summed E-state index contributed by atoms with van der Waals surface area (Å²) in [6.45, 7) is 1.29. The van der Waals surface area contributed by atoms with Crippen molar-refractivity contribution in [1.82, 2.24) is 14.8 Å². The van der Waals surface area contributed by atoms with Gasteiger partial charge in [0.1, 0.15) is 5.69 Å². The smallest absolute Gasteiger partial charge is 0.272 e. The lowest BCUT2D eigenvalue weighted by atomic mass is 9.84. The predicted octanol–water partition coefficient (Wildman–Crippen LogP) is 4.39. The summed E-state index contributed by atoms with van der Waals surface area (Å²) in [6.07, 6.45) is 3.47. The fraction of sp³-hybridized carbons (Fsp3) is 0.345. The molecule has 3 aromatic rings. The minimum atomic E-state index is -0.596. The molecule has 6 heteroatoms. The fourth-order valence-corrected chi connectivity index (χ4v) is 4.97. The summed E-state index contributed by atoms with van der Waals surface area (Å²) in [4.78, 5) is 34.5. The SMILES string of the molecule is CO[C@@H](C(=O)N1CCC([C@@H](Cc2ccccc2)N(C)C(=O)c2ccccn2)CC1)c1ccccc1. The lowest BCUT2D eigenvalue weighted by Gasteiger charge is -2.40. The maximum atomic E-state index is 13.3. The number of benzene rings is 2. The number of pyridine rings is 1. The van der Waals surface area contributed by atoms with Gasteiger partial charge in [0.05, 0.1) is 0 Å². The van der Waals surface area contributed by atoms with Crippen LogP contribution in [0.1, 0.15) is 40.6 Å². The van der Waals surface area contributed by atoms with Crippen molar-refractivity contribution >= 4 is 11.8 Å². The van der Waals surface area contributed by atoms with Gasteiger partial charge in [-0.2, -0.15) is 0 Å². The van der Waals surface area contributed by atoms with Crippen molar-refractivity contribution in [2.45, 2.75) is 31.4 Å². The third-order valence-corrected chi connectivity index (χ3v) is 6.95. The van der Waals surface area contributed by atoms with E-state index < -0.39 is 6.10 Å². The zero-order valence-corrected chi connectivity index (χ0v) is 20.4. The first-order valence-electron chi connectivity index (χ1n) is 12.2. The molecular weight excluding hydrogens is 438 g/mol. The molecule has 0 bridgehead atoms. The molecule has 1 aromatic heterocycles. The van der Waals surface area contributed by atoms with Crippen LogP contribution in [0.2, 0.25) is 0 Å². The summed E-state index contributed by atoms with van der Waals surface area (Å²) in [7, 11) is 3.45. The first-order chi connectivity index (χ1) is 17.1. The number of ether oxygens (including phenoxy) is 1. The third-order valence-electron chi connectivity index (χ3n) is 6.95. The van der Waals surface area contributed by atoms with Crippen LogP contribution in [-0.4, -0.2) is 59.9 Å². The largest absolute Gasteiger partial charge is 0.367 e. The highest BCUT2D eigenvalue weighted by Crippen LogP contribution is 2.29. The molecule has 1 aliphatic rings. The number of nitrogens with zero attached hydrogens (tertiary/aromatic N) is 3. The maximum Gasteiger partial charge on any atom is 0.272 e. The number of likely N-dealkylation sites (tertiary alicyclic amines) is 1. The van der Waals surface area contributed by atoms with Crippen LogP contribution in [0.4, 0.5) is 0 Å². The number of hydrogen-bond donors (Lipinski definition) is 0. The number of hydrogen-bond acceptors (Lipinski definition) is 4. The van der Waals surface area contributed by atoms with Gasteiger partial charge in [-0.15, -0.1) is 0 Å². The molecule has 182 valence electrons. The first kappa shape index (κ1) is 24.6.